The first-order valence-electron chi connectivity index (χ1n) is 8.10. The van der Waals surface area contributed by atoms with Gasteiger partial charge in [-0.1, -0.05) is 45.1 Å². The van der Waals surface area contributed by atoms with Crippen LogP contribution < -0.4 is 4.74 Å². The van der Waals surface area contributed by atoms with Crippen LogP contribution in [0.3, 0.4) is 0 Å². The van der Waals surface area contributed by atoms with Crippen LogP contribution in [0, 0.1) is 0 Å². The average molecular weight is 274 g/mol. The van der Waals surface area contributed by atoms with Crippen LogP contribution in [0.4, 0.5) is 0 Å². The Hall–Kier alpha value is -1.31. The first-order valence-corrected chi connectivity index (χ1v) is 8.10. The lowest BCUT2D eigenvalue weighted by molar-refractivity contribution is 0.0972. The molecule has 0 aliphatic heterocycles. The van der Waals surface area contributed by atoms with E-state index >= 15 is 0 Å². The molecule has 0 radical (unpaired) electrons. The number of fused-ring (bicyclic) bond motifs is 1. The van der Waals surface area contributed by atoms with Gasteiger partial charge in [0.1, 0.15) is 5.75 Å². The van der Waals surface area contributed by atoms with Crippen molar-refractivity contribution >= 4 is 5.78 Å². The van der Waals surface area contributed by atoms with Gasteiger partial charge in [0.05, 0.1) is 6.61 Å². The van der Waals surface area contributed by atoms with Crippen molar-refractivity contribution in [1.82, 2.24) is 0 Å². The number of aryl methyl sites for hydroxylation is 1. The zero-order chi connectivity index (χ0) is 14.2. The van der Waals surface area contributed by atoms with Gasteiger partial charge in [0.2, 0.25) is 0 Å². The van der Waals surface area contributed by atoms with Crippen molar-refractivity contribution in [3.8, 4) is 5.75 Å². The lowest BCUT2D eigenvalue weighted by atomic mass is 9.90. The zero-order valence-electron chi connectivity index (χ0n) is 12.6. The smallest absolute Gasteiger partial charge is 0.163 e. The molecule has 1 aliphatic carbocycles. The van der Waals surface area contributed by atoms with Gasteiger partial charge in [-0.25, -0.2) is 0 Å². The molecule has 0 amide bonds. The highest BCUT2D eigenvalue weighted by Gasteiger charge is 2.17. The van der Waals surface area contributed by atoms with E-state index in [9.17, 15) is 4.79 Å². The molecule has 1 aliphatic rings. The van der Waals surface area contributed by atoms with Gasteiger partial charge < -0.3 is 4.74 Å². The summed E-state index contributed by atoms with van der Waals surface area (Å²) in [6.07, 6.45) is 10.3. The van der Waals surface area contributed by atoms with Crippen molar-refractivity contribution in [1.29, 1.82) is 0 Å². The van der Waals surface area contributed by atoms with Gasteiger partial charge in [0, 0.05) is 12.0 Å². The number of ether oxygens (including phenoxy) is 1. The van der Waals surface area contributed by atoms with Gasteiger partial charge in [-0.05, 0) is 37.0 Å². The van der Waals surface area contributed by atoms with Crippen molar-refractivity contribution in [2.75, 3.05) is 6.61 Å². The van der Waals surface area contributed by atoms with Gasteiger partial charge in [0.15, 0.2) is 5.78 Å². The fraction of sp³-hybridized carbons (Fsp3) is 0.611. The summed E-state index contributed by atoms with van der Waals surface area (Å²) in [5, 5.41) is 0. The normalized spacial score (nSPS) is 14.2. The Morgan fingerprint density at radius 2 is 1.85 bits per heavy atom. The number of unbranched alkanes of at least 4 members (excludes halogenated alkanes) is 5. The Morgan fingerprint density at radius 1 is 1.05 bits per heavy atom. The van der Waals surface area contributed by atoms with Gasteiger partial charge >= 0.3 is 0 Å². The molecule has 2 rings (SSSR count). The van der Waals surface area contributed by atoms with Crippen molar-refractivity contribution in [3.05, 3.63) is 29.3 Å². The summed E-state index contributed by atoms with van der Waals surface area (Å²) in [5.74, 6) is 1.13. The van der Waals surface area contributed by atoms with Crippen LogP contribution >= 0.6 is 0 Å². The molecule has 2 nitrogen and oxygen atoms in total. The number of Topliss-reactive ketones (excluding diaryl/α,β-unsaturated/α-hetero) is 1. The first kappa shape index (κ1) is 15.1. The Balaban J connectivity index is 1.74. The summed E-state index contributed by atoms with van der Waals surface area (Å²) in [6, 6.07) is 6.01. The van der Waals surface area contributed by atoms with Gasteiger partial charge in [0.25, 0.3) is 0 Å². The molecular formula is C18H26O2. The Morgan fingerprint density at radius 3 is 2.70 bits per heavy atom. The highest BCUT2D eigenvalue weighted by Crippen LogP contribution is 2.25. The zero-order valence-corrected chi connectivity index (χ0v) is 12.6. The number of hydrogen-bond donors (Lipinski definition) is 0. The summed E-state index contributed by atoms with van der Waals surface area (Å²) in [4.78, 5) is 11.9. The molecule has 0 spiro atoms. The molecule has 0 heterocycles. The Bertz CT molecular complexity index is 437. The molecule has 0 unspecified atom stereocenters. The summed E-state index contributed by atoms with van der Waals surface area (Å²) in [5.41, 5.74) is 2.07. The van der Waals surface area contributed by atoms with E-state index in [1.54, 1.807) is 0 Å². The maximum absolute atomic E-state index is 11.9. The second-order valence-corrected chi connectivity index (χ2v) is 5.71. The number of rotatable bonds is 8. The van der Waals surface area contributed by atoms with E-state index in [0.717, 1.165) is 37.2 Å². The highest BCUT2D eigenvalue weighted by molar-refractivity contribution is 5.98. The summed E-state index contributed by atoms with van der Waals surface area (Å²) in [7, 11) is 0. The highest BCUT2D eigenvalue weighted by atomic mass is 16.5. The molecule has 0 saturated carbocycles. The Kier molecular flexibility index (Phi) is 6.10. The van der Waals surface area contributed by atoms with E-state index in [0.29, 0.717) is 6.42 Å². The molecule has 110 valence electrons. The van der Waals surface area contributed by atoms with Crippen LogP contribution in [-0.2, 0) is 6.42 Å². The summed E-state index contributed by atoms with van der Waals surface area (Å²) in [6.45, 7) is 3.00. The molecule has 0 bridgehead atoms. The monoisotopic (exact) mass is 274 g/mol. The third-order valence-corrected chi connectivity index (χ3v) is 4.00. The second-order valence-electron chi connectivity index (χ2n) is 5.71. The van der Waals surface area contributed by atoms with Crippen LogP contribution in [0.15, 0.2) is 18.2 Å². The molecule has 0 fully saturated rings. The van der Waals surface area contributed by atoms with Crippen molar-refractivity contribution in [3.63, 3.8) is 0 Å². The quantitative estimate of drug-likeness (QED) is 0.627. The van der Waals surface area contributed by atoms with Crippen molar-refractivity contribution in [2.45, 2.75) is 64.7 Å². The molecular weight excluding hydrogens is 248 g/mol. The number of hydrogen-bond acceptors (Lipinski definition) is 2. The molecule has 1 aromatic carbocycles. The van der Waals surface area contributed by atoms with Crippen molar-refractivity contribution < 1.29 is 9.53 Å². The topological polar surface area (TPSA) is 26.3 Å². The van der Waals surface area contributed by atoms with Crippen LogP contribution in [-0.4, -0.2) is 12.4 Å². The van der Waals surface area contributed by atoms with Crippen LogP contribution in [0.2, 0.25) is 0 Å². The predicted octanol–water partition coefficient (Wildman–Crippen LogP) is 4.94. The van der Waals surface area contributed by atoms with E-state index in [1.165, 1.54) is 37.7 Å². The number of carbonyl (C=O) groups excluding carboxylic acids is 1. The maximum atomic E-state index is 11.9. The minimum atomic E-state index is 0.274. The fourth-order valence-electron chi connectivity index (χ4n) is 2.77. The SMILES string of the molecule is CCCCCCCCOc1ccc2c(c1)C(=O)CCC2. The minimum Gasteiger partial charge on any atom is -0.494 e. The van der Waals surface area contributed by atoms with Crippen molar-refractivity contribution in [2.24, 2.45) is 0 Å². The van der Waals surface area contributed by atoms with Gasteiger partial charge in [-0.15, -0.1) is 0 Å². The van der Waals surface area contributed by atoms with Crippen LogP contribution in [0.5, 0.6) is 5.75 Å². The molecule has 0 N–H and O–H groups in total. The molecule has 1 aromatic rings. The van der Waals surface area contributed by atoms with Crippen LogP contribution in [0.25, 0.3) is 0 Å². The molecule has 0 aromatic heterocycles. The van der Waals surface area contributed by atoms with E-state index in [-0.39, 0.29) is 5.78 Å². The average Bonchev–Trinajstić information content (AvgIpc) is 2.47. The summed E-state index contributed by atoms with van der Waals surface area (Å²) >= 11 is 0. The lowest BCUT2D eigenvalue weighted by Gasteiger charge is -2.15. The van der Waals surface area contributed by atoms with Gasteiger partial charge in [-0.2, -0.15) is 0 Å². The van der Waals surface area contributed by atoms with Crippen LogP contribution in [0.1, 0.15) is 74.2 Å². The number of carbonyl (C=O) groups is 1. The number of benzene rings is 1. The standard InChI is InChI=1S/C18H26O2/c1-2-3-4-5-6-7-13-20-16-12-11-15-9-8-10-18(19)17(15)14-16/h11-12,14H,2-10,13H2,1H3. The first-order chi connectivity index (χ1) is 9.81. The third kappa shape index (κ3) is 4.36. The molecule has 20 heavy (non-hydrogen) atoms. The maximum Gasteiger partial charge on any atom is 0.163 e. The lowest BCUT2D eigenvalue weighted by Crippen LogP contribution is -2.11. The largest absolute Gasteiger partial charge is 0.494 e. The van der Waals surface area contributed by atoms with E-state index < -0.39 is 0 Å². The molecule has 0 atom stereocenters. The predicted molar refractivity (Wildman–Crippen MR) is 82.6 cm³/mol. The van der Waals surface area contributed by atoms with E-state index in [2.05, 4.69) is 13.0 Å². The second kappa shape index (κ2) is 8.08. The fourth-order valence-corrected chi connectivity index (χ4v) is 2.77. The minimum absolute atomic E-state index is 0.274. The van der Waals surface area contributed by atoms with E-state index in [4.69, 9.17) is 4.74 Å². The molecule has 2 heteroatoms. The molecule has 0 saturated heterocycles. The number of ketones is 1. The van der Waals surface area contributed by atoms with E-state index in [1.807, 2.05) is 12.1 Å². The third-order valence-electron chi connectivity index (χ3n) is 4.00. The summed E-state index contributed by atoms with van der Waals surface area (Å²) < 4.78 is 5.77. The van der Waals surface area contributed by atoms with Gasteiger partial charge in [-0.3, -0.25) is 4.79 Å². The Labute approximate surface area is 122 Å².